The number of halogens is 4. The molecule has 5 aromatic carbocycles. The van der Waals surface area contributed by atoms with Crippen LogP contribution in [-0.2, 0) is 81.0 Å². The van der Waals surface area contributed by atoms with Crippen LogP contribution in [-0.4, -0.2) is 143 Å². The number of phenolic OH excluding ortho intramolecular Hbond substituents is 1. The van der Waals surface area contributed by atoms with E-state index < -0.39 is 87.7 Å². The van der Waals surface area contributed by atoms with Crippen LogP contribution in [0.2, 0.25) is 0 Å². The van der Waals surface area contributed by atoms with E-state index in [9.17, 15) is 71.7 Å². The number of phenols is 1. The van der Waals surface area contributed by atoms with E-state index in [1.54, 1.807) is 53.7 Å². The molecule has 0 bridgehead atoms. The molecule has 88 heavy (non-hydrogen) atoms. The van der Waals surface area contributed by atoms with E-state index in [0.29, 0.717) is 17.5 Å². The molecule has 0 unspecified atom stereocenters. The fraction of sp³-hybridized carbons (Fsp3) is 0.500. The zero-order valence-electron chi connectivity index (χ0n) is 53.5. The van der Waals surface area contributed by atoms with Crippen molar-refractivity contribution < 1.29 is 94.7 Å². The Morgan fingerprint density at radius 1 is 0.511 bits per heavy atom. The minimum absolute atomic E-state index is 0. The van der Waals surface area contributed by atoms with Gasteiger partial charge in [-0.3, -0.25) is 4.55 Å². The first-order valence-corrected chi connectivity index (χ1v) is 31.6. The number of nitrogens with zero attached hydrogens (tertiary/aromatic N) is 2. The highest BCUT2D eigenvalue weighted by Gasteiger charge is 2.41. The largest absolute Gasteiger partial charge is 0.743 e. The number of aryl methyl sites for hydroxylation is 1. The molecule has 0 fully saturated rings. The molecule has 0 radical (unpaired) electrons. The Hall–Kier alpha value is -5.83. The molecule has 0 aliphatic rings. The Kier molecular flexibility index (Phi) is 29.7. The Balaban J connectivity index is 0.00000114. The molecular weight excluding hydrogens is 1210 g/mol. The number of ether oxygens (including phenoxy) is 2. The van der Waals surface area contributed by atoms with E-state index in [-0.39, 0.29) is 35.8 Å². The van der Waals surface area contributed by atoms with Gasteiger partial charge in [-0.25, -0.2) is 26.4 Å². The van der Waals surface area contributed by atoms with E-state index in [4.69, 9.17) is 4.55 Å². The lowest BCUT2D eigenvalue weighted by atomic mass is 9.74. The maximum absolute atomic E-state index is 13.3. The molecule has 0 atom stereocenters. The summed E-state index contributed by atoms with van der Waals surface area (Å²) in [6, 6.07) is 32.7. The second kappa shape index (κ2) is 31.8. The van der Waals surface area contributed by atoms with Crippen molar-refractivity contribution in [1.29, 1.82) is 0 Å². The van der Waals surface area contributed by atoms with Gasteiger partial charge < -0.3 is 37.8 Å². The van der Waals surface area contributed by atoms with E-state index in [1.165, 1.54) is 47.5 Å². The summed E-state index contributed by atoms with van der Waals surface area (Å²) < 4.78 is 156. The van der Waals surface area contributed by atoms with Crippen LogP contribution >= 0.6 is 0 Å². The normalized spacial score (nSPS) is 12.6. The molecule has 496 valence electrons. The predicted octanol–water partition coefficient (Wildman–Crippen LogP) is 12.1. The first-order chi connectivity index (χ1) is 38.9. The third kappa shape index (κ3) is 28.3. The van der Waals surface area contributed by atoms with Crippen LogP contribution in [0.1, 0.15) is 156 Å². The summed E-state index contributed by atoms with van der Waals surface area (Å²) in [5.41, 5.74) is 4.75. The molecule has 0 aromatic heterocycles. The number of hydrogen-bond acceptors (Lipinski definition) is 14. The SMILES string of the molecule is C.CC(C)(C)c1cc(C(=O)OCC(F)(F)S(=O)(=O)[O-])cc(C(C)(C)C)c1CCO.CC(C)(C)c1cc(C(=O)OCC(F)(F)S(=O)(=O)[O-])cc(C(C)(C)C)c1O.C[N+](C)(C)Cc1ccccc1.C[N+](C)(C)Cc1ccccc1.Cc1ccc(S(=O)(=O)O)cc1. The number of rotatable bonds is 15. The number of hydrogen-bond donors (Lipinski definition) is 3. The molecule has 5 aromatic rings. The molecule has 5 rings (SSSR count). The molecule has 17 nitrogen and oxygen atoms in total. The smallest absolute Gasteiger partial charge is 0.367 e. The zero-order chi connectivity index (χ0) is 68.0. The third-order valence-corrected chi connectivity index (χ3v) is 14.8. The number of carbonyl (C=O) groups excluding carboxylic acids is 2. The second-order valence-corrected chi connectivity index (χ2v) is 31.4. The van der Waals surface area contributed by atoms with Crippen molar-refractivity contribution in [2.75, 3.05) is 62.1 Å². The minimum Gasteiger partial charge on any atom is -0.743 e. The van der Waals surface area contributed by atoms with Gasteiger partial charge >= 0.3 is 22.4 Å². The van der Waals surface area contributed by atoms with Gasteiger partial charge in [0.15, 0.2) is 33.5 Å². The fourth-order valence-electron chi connectivity index (χ4n) is 7.99. The molecule has 0 saturated heterocycles. The molecule has 0 saturated carbocycles. The van der Waals surface area contributed by atoms with Crippen LogP contribution < -0.4 is 0 Å². The number of esters is 2. The van der Waals surface area contributed by atoms with Crippen LogP contribution in [0.4, 0.5) is 17.6 Å². The molecular formula is C64H94F4N2O15S3. The topological polar surface area (TPSA) is 262 Å². The van der Waals surface area contributed by atoms with Crippen LogP contribution in [0.15, 0.2) is 114 Å². The highest BCUT2D eigenvalue weighted by molar-refractivity contribution is 7.87. The van der Waals surface area contributed by atoms with Crippen molar-refractivity contribution in [2.24, 2.45) is 0 Å². The summed E-state index contributed by atoms with van der Waals surface area (Å²) in [5, 5.41) is 10.6. The average Bonchev–Trinajstić information content (AvgIpc) is 1.21. The van der Waals surface area contributed by atoms with Crippen molar-refractivity contribution in [2.45, 2.75) is 154 Å². The zero-order valence-corrected chi connectivity index (χ0v) is 56.0. The lowest BCUT2D eigenvalue weighted by Crippen LogP contribution is -2.35. The summed E-state index contributed by atoms with van der Waals surface area (Å²) in [6.07, 6.45) is 0.348. The third-order valence-electron chi connectivity index (χ3n) is 12.2. The summed E-state index contributed by atoms with van der Waals surface area (Å²) in [4.78, 5) is 24.4. The molecule has 0 amide bonds. The molecule has 0 aliphatic heterocycles. The van der Waals surface area contributed by atoms with Gasteiger partial charge in [0.2, 0.25) is 0 Å². The number of benzene rings is 5. The first-order valence-electron chi connectivity index (χ1n) is 27.4. The van der Waals surface area contributed by atoms with Crippen LogP contribution in [0, 0.1) is 6.92 Å². The fourth-order valence-corrected chi connectivity index (χ4v) is 8.87. The Morgan fingerprint density at radius 3 is 1.03 bits per heavy atom. The summed E-state index contributed by atoms with van der Waals surface area (Å²) in [7, 11) is -2.71. The van der Waals surface area contributed by atoms with Gasteiger partial charge in [-0.2, -0.15) is 26.0 Å². The minimum atomic E-state index is -5.95. The summed E-state index contributed by atoms with van der Waals surface area (Å²) in [6.45, 7) is 22.4. The van der Waals surface area contributed by atoms with Crippen molar-refractivity contribution in [3.8, 4) is 5.75 Å². The van der Waals surface area contributed by atoms with Gasteiger partial charge in [-0.15, -0.1) is 0 Å². The van der Waals surface area contributed by atoms with Crippen molar-refractivity contribution >= 4 is 42.3 Å². The van der Waals surface area contributed by atoms with Gasteiger partial charge in [0, 0.05) is 28.9 Å². The number of aliphatic hydroxyl groups excluding tert-OH is 1. The number of carbonyl (C=O) groups is 2. The van der Waals surface area contributed by atoms with E-state index in [0.717, 1.165) is 44.3 Å². The van der Waals surface area contributed by atoms with Gasteiger partial charge in [-0.1, -0.05) is 169 Å². The average molecular weight is 1300 g/mol. The molecule has 0 aliphatic carbocycles. The van der Waals surface area contributed by atoms with Crippen molar-refractivity contribution in [3.63, 3.8) is 0 Å². The molecule has 24 heteroatoms. The van der Waals surface area contributed by atoms with Crippen molar-refractivity contribution in [1.82, 2.24) is 0 Å². The van der Waals surface area contributed by atoms with Gasteiger partial charge in [-0.05, 0) is 88.1 Å². The molecule has 3 N–H and O–H groups in total. The highest BCUT2D eigenvalue weighted by Crippen LogP contribution is 2.40. The number of aliphatic hydroxyl groups is 1. The van der Waals surface area contributed by atoms with Crippen LogP contribution in [0.25, 0.3) is 0 Å². The second-order valence-electron chi connectivity index (χ2n) is 26.9. The van der Waals surface area contributed by atoms with Gasteiger partial charge in [0.05, 0.1) is 58.3 Å². The summed E-state index contributed by atoms with van der Waals surface area (Å²) in [5.74, 6) is -2.40. The maximum Gasteiger partial charge on any atom is 0.367 e. The van der Waals surface area contributed by atoms with E-state index in [2.05, 4.69) is 112 Å². The number of alkyl halides is 4. The van der Waals surface area contributed by atoms with E-state index in [1.807, 2.05) is 48.5 Å². The Labute approximate surface area is 521 Å². The van der Waals surface area contributed by atoms with Gasteiger partial charge in [0.1, 0.15) is 18.8 Å². The first kappa shape index (κ1) is 82.2. The van der Waals surface area contributed by atoms with Crippen LogP contribution in [0.5, 0.6) is 5.75 Å². The van der Waals surface area contributed by atoms with Crippen LogP contribution in [0.3, 0.4) is 0 Å². The Morgan fingerprint density at radius 2 is 0.795 bits per heavy atom. The van der Waals surface area contributed by atoms with Gasteiger partial charge in [0.25, 0.3) is 10.1 Å². The van der Waals surface area contributed by atoms with E-state index >= 15 is 0 Å². The number of aromatic hydroxyl groups is 1. The molecule has 0 spiro atoms. The number of quaternary nitrogens is 2. The maximum atomic E-state index is 13.3. The summed E-state index contributed by atoms with van der Waals surface area (Å²) >= 11 is 0. The molecule has 0 heterocycles. The lowest BCUT2D eigenvalue weighted by molar-refractivity contribution is -0.884. The monoisotopic (exact) mass is 1300 g/mol. The quantitative estimate of drug-likeness (QED) is 0.0381. The van der Waals surface area contributed by atoms with Crippen molar-refractivity contribution in [3.05, 3.63) is 165 Å². The predicted molar refractivity (Wildman–Crippen MR) is 334 cm³/mol. The standard InChI is InChI=1S/C19H28F2O6S.C17H24F2O6S.2C10H16N.C7H8O3S.CH4/c1-17(2,3)14-9-12(10-15(18(4,5)6)13(14)7-8-22)16(23)27-11-19(20,21)28(24,25)26;1-15(2,3)11-7-10(8-12(13(11)20)16(4,5)6)14(21)25-9-17(18,19)26(22,23)24;2*1-11(2,3)9-10-7-5-4-6-8-10;1-6-2-4-7(5-3-6)11(8,9)10;/h9-10,22H,7-8,11H2,1-6H3,(H,24,25,26);7-8,20H,9H2,1-6H3,(H,22,23,24);2*4-8H,9H2,1-3H3;2-5H,1H3,(H,8,9,10);1H4/q;;2*+1;;/p-2. The lowest BCUT2D eigenvalue weighted by Gasteiger charge is -2.31. The Bertz CT molecular complexity index is 3280. The highest BCUT2D eigenvalue weighted by atomic mass is 32.2.